The van der Waals surface area contributed by atoms with E-state index in [0.29, 0.717) is 27.4 Å². The minimum absolute atomic E-state index is 0.147. The van der Waals surface area contributed by atoms with E-state index in [1.165, 1.54) is 18.5 Å². The van der Waals surface area contributed by atoms with Gasteiger partial charge in [-0.2, -0.15) is 13.2 Å². The number of benzene rings is 3. The zero-order valence-corrected chi connectivity index (χ0v) is 17.6. The minimum atomic E-state index is -4.46. The molecule has 0 aliphatic rings. The Labute approximate surface area is 191 Å². The molecule has 0 aliphatic heterocycles. The van der Waals surface area contributed by atoms with Crippen LogP contribution in [-0.2, 0) is 12.8 Å². The third kappa shape index (κ3) is 5.50. The Balaban J connectivity index is 1.54. The monoisotopic (exact) mass is 472 g/mol. The van der Waals surface area contributed by atoms with Crippen LogP contribution in [0, 0.1) is 0 Å². The summed E-state index contributed by atoms with van der Waals surface area (Å²) in [6, 6.07) is 13.9. The first-order valence-electron chi connectivity index (χ1n) is 9.65. The summed E-state index contributed by atoms with van der Waals surface area (Å²) in [6.45, 7) is 0.147. The van der Waals surface area contributed by atoms with Crippen LogP contribution in [0.3, 0.4) is 0 Å². The molecule has 6 nitrogen and oxygen atoms in total. The fourth-order valence-electron chi connectivity index (χ4n) is 3.02. The summed E-state index contributed by atoms with van der Waals surface area (Å²) >= 11 is 6.19. The molecule has 0 spiro atoms. The predicted octanol–water partition coefficient (Wildman–Crippen LogP) is 6.53. The lowest BCUT2D eigenvalue weighted by Crippen LogP contribution is -2.20. The van der Waals surface area contributed by atoms with Crippen LogP contribution in [0.2, 0.25) is 5.02 Å². The molecule has 0 saturated heterocycles. The van der Waals surface area contributed by atoms with Gasteiger partial charge in [-0.15, -0.1) is 0 Å². The van der Waals surface area contributed by atoms with Gasteiger partial charge in [0.2, 0.25) is 0 Å². The van der Waals surface area contributed by atoms with Crippen LogP contribution < -0.4 is 15.4 Å². The third-order valence-corrected chi connectivity index (χ3v) is 5.03. The molecule has 0 unspecified atom stereocenters. The van der Waals surface area contributed by atoms with E-state index in [4.69, 9.17) is 16.3 Å². The largest absolute Gasteiger partial charge is 0.487 e. The predicted molar refractivity (Wildman–Crippen MR) is 119 cm³/mol. The normalized spacial score (nSPS) is 11.3. The lowest BCUT2D eigenvalue weighted by atomic mass is 10.2. The molecule has 1 heterocycles. The second-order valence-electron chi connectivity index (χ2n) is 6.96. The van der Waals surface area contributed by atoms with E-state index >= 15 is 0 Å². The van der Waals surface area contributed by atoms with Gasteiger partial charge in [0.05, 0.1) is 16.8 Å². The summed E-state index contributed by atoms with van der Waals surface area (Å²) in [4.78, 5) is 20.7. The highest BCUT2D eigenvalue weighted by atomic mass is 35.5. The number of amides is 2. The molecule has 3 aromatic carbocycles. The summed E-state index contributed by atoms with van der Waals surface area (Å²) in [7, 11) is 0. The van der Waals surface area contributed by atoms with Crippen molar-refractivity contribution < 1.29 is 22.7 Å². The van der Waals surface area contributed by atoms with Gasteiger partial charge in [-0.1, -0.05) is 29.8 Å². The first-order valence-corrected chi connectivity index (χ1v) is 10.0. The fraction of sp³-hybridized carbons (Fsp3) is 0.0870. The van der Waals surface area contributed by atoms with Gasteiger partial charge in [-0.25, -0.2) is 14.8 Å². The van der Waals surface area contributed by atoms with E-state index in [0.717, 1.165) is 17.7 Å². The number of carbonyl (C=O) groups is 1. The highest BCUT2D eigenvalue weighted by molar-refractivity contribution is 6.31. The van der Waals surface area contributed by atoms with E-state index in [1.807, 2.05) is 12.1 Å². The molecule has 2 amide bonds. The summed E-state index contributed by atoms with van der Waals surface area (Å²) < 4.78 is 44.1. The van der Waals surface area contributed by atoms with Gasteiger partial charge in [0, 0.05) is 27.9 Å². The molecule has 0 fully saturated rings. The number of carbonyl (C=O) groups excluding carboxylic acids is 1. The Kier molecular flexibility index (Phi) is 6.32. The zero-order valence-electron chi connectivity index (χ0n) is 16.9. The molecule has 2 N–H and O–H groups in total. The van der Waals surface area contributed by atoms with Crippen molar-refractivity contribution in [2.24, 2.45) is 0 Å². The van der Waals surface area contributed by atoms with Crippen molar-refractivity contribution in [2.45, 2.75) is 12.8 Å². The standard InChI is InChI=1S/C23H16ClF3N4O2/c24-18-4-2-1-3-14(18)12-33-21-9-15-11-28-13-29-19(15)10-20(21)31-22(32)30-17-7-5-16(6-8-17)23(25,26)27/h1-11,13H,12H2,(H2,30,31,32). The number of aromatic nitrogens is 2. The van der Waals surface area contributed by atoms with Crippen LogP contribution in [0.5, 0.6) is 5.75 Å². The Bertz CT molecular complexity index is 1300. The van der Waals surface area contributed by atoms with E-state index in [-0.39, 0.29) is 12.3 Å². The number of fused-ring (bicyclic) bond motifs is 1. The van der Waals surface area contributed by atoms with Crippen LogP contribution in [0.25, 0.3) is 10.9 Å². The average Bonchev–Trinajstić information content (AvgIpc) is 2.78. The molecule has 1 aromatic heterocycles. The molecule has 168 valence electrons. The second kappa shape index (κ2) is 9.33. The van der Waals surface area contributed by atoms with E-state index in [1.54, 1.807) is 30.5 Å². The smallest absolute Gasteiger partial charge is 0.416 e. The fourth-order valence-corrected chi connectivity index (χ4v) is 3.21. The summed E-state index contributed by atoms with van der Waals surface area (Å²) in [6.07, 6.45) is -1.48. The third-order valence-electron chi connectivity index (χ3n) is 4.67. The molecule has 0 atom stereocenters. The number of nitrogens with zero attached hydrogens (tertiary/aromatic N) is 2. The molecule has 0 saturated carbocycles. The molecule has 4 rings (SSSR count). The molecule has 0 radical (unpaired) electrons. The number of halogens is 4. The number of urea groups is 1. The number of hydrogen-bond donors (Lipinski definition) is 2. The Morgan fingerprint density at radius 3 is 2.52 bits per heavy atom. The Morgan fingerprint density at radius 2 is 1.79 bits per heavy atom. The first kappa shape index (κ1) is 22.3. The van der Waals surface area contributed by atoms with Crippen molar-refractivity contribution in [1.82, 2.24) is 9.97 Å². The average molecular weight is 473 g/mol. The van der Waals surface area contributed by atoms with Gasteiger partial charge < -0.3 is 15.4 Å². The van der Waals surface area contributed by atoms with Gasteiger partial charge in [0.15, 0.2) is 0 Å². The summed E-state index contributed by atoms with van der Waals surface area (Å²) in [5.74, 6) is 0.347. The van der Waals surface area contributed by atoms with Crippen LogP contribution >= 0.6 is 11.6 Å². The van der Waals surface area contributed by atoms with Gasteiger partial charge in [-0.05, 0) is 42.5 Å². The number of alkyl halides is 3. The van der Waals surface area contributed by atoms with E-state index < -0.39 is 17.8 Å². The lowest BCUT2D eigenvalue weighted by Gasteiger charge is -2.15. The van der Waals surface area contributed by atoms with Crippen LogP contribution in [0.4, 0.5) is 29.3 Å². The van der Waals surface area contributed by atoms with Crippen molar-refractivity contribution >= 4 is 39.9 Å². The van der Waals surface area contributed by atoms with E-state index in [9.17, 15) is 18.0 Å². The van der Waals surface area contributed by atoms with Gasteiger partial charge in [0.1, 0.15) is 18.7 Å². The molecule has 4 aromatic rings. The number of ether oxygens (including phenoxy) is 1. The van der Waals surface area contributed by atoms with Crippen molar-refractivity contribution in [3.63, 3.8) is 0 Å². The Morgan fingerprint density at radius 1 is 1.03 bits per heavy atom. The minimum Gasteiger partial charge on any atom is -0.487 e. The highest BCUT2D eigenvalue weighted by Gasteiger charge is 2.30. The number of hydrogen-bond acceptors (Lipinski definition) is 4. The van der Waals surface area contributed by atoms with Crippen LogP contribution in [0.15, 0.2) is 73.2 Å². The van der Waals surface area contributed by atoms with Crippen molar-refractivity contribution in [2.75, 3.05) is 10.6 Å². The molecule has 0 bridgehead atoms. The number of anilines is 2. The number of rotatable bonds is 5. The van der Waals surface area contributed by atoms with Crippen molar-refractivity contribution in [1.29, 1.82) is 0 Å². The molecule has 33 heavy (non-hydrogen) atoms. The topological polar surface area (TPSA) is 76.1 Å². The van der Waals surface area contributed by atoms with Crippen LogP contribution in [-0.4, -0.2) is 16.0 Å². The maximum atomic E-state index is 12.7. The molecular formula is C23H16ClF3N4O2. The second-order valence-corrected chi connectivity index (χ2v) is 7.37. The Hall–Kier alpha value is -3.85. The van der Waals surface area contributed by atoms with Gasteiger partial charge in [0.25, 0.3) is 0 Å². The SMILES string of the molecule is O=C(Nc1ccc(C(F)(F)F)cc1)Nc1cc2ncncc2cc1OCc1ccccc1Cl. The van der Waals surface area contributed by atoms with Crippen LogP contribution in [0.1, 0.15) is 11.1 Å². The summed E-state index contributed by atoms with van der Waals surface area (Å²) in [5, 5.41) is 6.39. The van der Waals surface area contributed by atoms with E-state index in [2.05, 4.69) is 20.6 Å². The summed E-state index contributed by atoms with van der Waals surface area (Å²) in [5.41, 5.74) is 1.03. The molecular weight excluding hydrogens is 457 g/mol. The first-order chi connectivity index (χ1) is 15.8. The lowest BCUT2D eigenvalue weighted by molar-refractivity contribution is -0.137. The van der Waals surface area contributed by atoms with Gasteiger partial charge >= 0.3 is 12.2 Å². The maximum Gasteiger partial charge on any atom is 0.416 e. The molecule has 10 heteroatoms. The number of nitrogens with one attached hydrogen (secondary N) is 2. The maximum absolute atomic E-state index is 12.7. The quantitative estimate of drug-likeness (QED) is 0.346. The van der Waals surface area contributed by atoms with Gasteiger partial charge in [-0.3, -0.25) is 0 Å². The zero-order chi connectivity index (χ0) is 23.4. The van der Waals surface area contributed by atoms with Crippen molar-refractivity contribution in [3.05, 3.63) is 89.3 Å². The molecule has 0 aliphatic carbocycles. The van der Waals surface area contributed by atoms with Crippen molar-refractivity contribution in [3.8, 4) is 5.75 Å². The highest BCUT2D eigenvalue weighted by Crippen LogP contribution is 2.32.